The maximum absolute atomic E-state index is 12.7. The number of halogens is 1. The third-order valence-corrected chi connectivity index (χ3v) is 5.52. The molecule has 1 aromatic heterocycles. The largest absolute Gasteiger partial charge is 0.341 e. The number of para-hydroxylation sites is 1. The van der Waals surface area contributed by atoms with Crippen LogP contribution >= 0.6 is 11.6 Å². The molecule has 1 aliphatic carbocycles. The average Bonchev–Trinajstić information content (AvgIpc) is 3.20. The Hall–Kier alpha value is -3.12. The second-order valence-electron chi connectivity index (χ2n) is 7.28. The van der Waals surface area contributed by atoms with Gasteiger partial charge in [-0.2, -0.15) is 5.10 Å². The Balaban J connectivity index is 1.52. The highest BCUT2D eigenvalue weighted by Gasteiger charge is 2.41. The van der Waals surface area contributed by atoms with E-state index in [1.807, 2.05) is 30.3 Å². The van der Waals surface area contributed by atoms with Crippen molar-refractivity contribution in [3.63, 3.8) is 0 Å². The van der Waals surface area contributed by atoms with Crippen LogP contribution in [0.25, 0.3) is 5.69 Å². The molecule has 0 spiro atoms. The molecule has 29 heavy (non-hydrogen) atoms. The number of nitrogens with one attached hydrogen (secondary N) is 2. The molecule has 2 aromatic carbocycles. The maximum Gasteiger partial charge on any atom is 0.313 e. The molecule has 3 unspecified atom stereocenters. The van der Waals surface area contributed by atoms with E-state index in [1.165, 1.54) is 0 Å². The summed E-state index contributed by atoms with van der Waals surface area (Å²) < 4.78 is 1.55. The van der Waals surface area contributed by atoms with Crippen LogP contribution in [0.2, 0.25) is 5.02 Å². The third-order valence-electron chi connectivity index (χ3n) is 5.22. The van der Waals surface area contributed by atoms with Crippen molar-refractivity contribution in [2.75, 3.05) is 5.32 Å². The lowest BCUT2D eigenvalue weighted by Gasteiger charge is -2.19. The molecule has 3 atom stereocenters. The van der Waals surface area contributed by atoms with Gasteiger partial charge in [0.05, 0.1) is 16.8 Å². The Morgan fingerprint density at radius 2 is 1.86 bits per heavy atom. The topological polar surface area (TPSA) is 76.0 Å². The molecule has 0 radical (unpaired) electrons. The zero-order valence-corrected chi connectivity index (χ0v) is 16.6. The number of anilines is 1. The monoisotopic (exact) mass is 408 g/mol. The fourth-order valence-electron chi connectivity index (χ4n) is 3.55. The van der Waals surface area contributed by atoms with Crippen molar-refractivity contribution in [1.29, 1.82) is 0 Å². The molecule has 2 N–H and O–H groups in total. The minimum Gasteiger partial charge on any atom is -0.341 e. The summed E-state index contributed by atoms with van der Waals surface area (Å²) in [6.07, 6.45) is 4.36. The molecule has 1 fully saturated rings. The molecule has 4 rings (SSSR count). The summed E-state index contributed by atoms with van der Waals surface area (Å²) in [5.41, 5.74) is 1.93. The van der Waals surface area contributed by atoms with Gasteiger partial charge in [0.25, 0.3) is 0 Å². The van der Waals surface area contributed by atoms with Gasteiger partial charge in [-0.05, 0) is 42.0 Å². The van der Waals surface area contributed by atoms with Crippen molar-refractivity contribution in [3.05, 3.63) is 77.6 Å². The van der Waals surface area contributed by atoms with E-state index in [0.29, 0.717) is 28.2 Å². The number of hydrogen-bond donors (Lipinski definition) is 2. The van der Waals surface area contributed by atoms with Gasteiger partial charge in [-0.25, -0.2) is 4.68 Å². The summed E-state index contributed by atoms with van der Waals surface area (Å²) in [4.78, 5) is 25.3. The van der Waals surface area contributed by atoms with Crippen molar-refractivity contribution in [3.8, 4) is 5.69 Å². The molecular formula is C22H21ClN4O2. The van der Waals surface area contributed by atoms with Gasteiger partial charge in [0.2, 0.25) is 0 Å². The van der Waals surface area contributed by atoms with Crippen LogP contribution in [-0.4, -0.2) is 21.6 Å². The van der Waals surface area contributed by atoms with Gasteiger partial charge < -0.3 is 10.6 Å². The average molecular weight is 409 g/mol. The molecule has 1 aliphatic rings. The highest BCUT2D eigenvalue weighted by Crippen LogP contribution is 2.46. The van der Waals surface area contributed by atoms with E-state index < -0.39 is 11.8 Å². The number of amides is 2. The van der Waals surface area contributed by atoms with Gasteiger partial charge in [-0.1, -0.05) is 54.9 Å². The van der Waals surface area contributed by atoms with Gasteiger partial charge in [0.15, 0.2) is 0 Å². The number of nitrogens with zero attached hydrogens (tertiary/aromatic N) is 2. The number of carbonyl (C=O) groups excluding carboxylic acids is 2. The van der Waals surface area contributed by atoms with Crippen LogP contribution in [0.4, 0.5) is 5.69 Å². The lowest BCUT2D eigenvalue weighted by molar-refractivity contribution is -0.136. The number of benzene rings is 2. The van der Waals surface area contributed by atoms with Crippen LogP contribution in [0.15, 0.2) is 67.0 Å². The zero-order chi connectivity index (χ0) is 20.4. The molecule has 0 aliphatic heterocycles. The Bertz CT molecular complexity index is 1020. The van der Waals surface area contributed by atoms with Gasteiger partial charge in [-0.15, -0.1) is 0 Å². The molecular weight excluding hydrogens is 388 g/mol. The minimum absolute atomic E-state index is 0.186. The fraction of sp³-hybridized carbons (Fsp3) is 0.227. The first kappa shape index (κ1) is 19.2. The number of aromatic nitrogens is 2. The quantitative estimate of drug-likeness (QED) is 0.627. The summed E-state index contributed by atoms with van der Waals surface area (Å²) >= 11 is 6.30. The molecule has 6 nitrogen and oxygen atoms in total. The second kappa shape index (κ2) is 8.09. The van der Waals surface area contributed by atoms with E-state index in [9.17, 15) is 9.59 Å². The first-order chi connectivity index (χ1) is 14.0. The number of hydrogen-bond acceptors (Lipinski definition) is 3. The number of rotatable bonds is 5. The van der Waals surface area contributed by atoms with Gasteiger partial charge in [-0.3, -0.25) is 9.59 Å². The predicted molar refractivity (Wildman–Crippen MR) is 112 cm³/mol. The van der Waals surface area contributed by atoms with Crippen LogP contribution < -0.4 is 10.6 Å². The molecule has 7 heteroatoms. The SMILES string of the molecule is CC1CC1C(NC(=O)C(=O)Nc1cccc(Cl)c1-n1cccn1)c1ccccc1. The standard InChI is InChI=1S/C22H21ClN4O2/c1-14-13-16(14)19(15-7-3-2-4-8-15)26-22(29)21(28)25-18-10-5-9-17(23)20(18)27-12-6-11-24-27/h2-12,14,16,19H,13H2,1H3,(H,25,28)(H,26,29). The van der Waals surface area contributed by atoms with Crippen LogP contribution in [0, 0.1) is 11.8 Å². The van der Waals surface area contributed by atoms with E-state index in [0.717, 1.165) is 12.0 Å². The smallest absolute Gasteiger partial charge is 0.313 e. The van der Waals surface area contributed by atoms with Crippen LogP contribution in [0.5, 0.6) is 0 Å². The van der Waals surface area contributed by atoms with E-state index in [1.54, 1.807) is 41.3 Å². The van der Waals surface area contributed by atoms with E-state index in [2.05, 4.69) is 22.7 Å². The molecule has 148 valence electrons. The van der Waals surface area contributed by atoms with Crippen LogP contribution in [0.1, 0.15) is 24.9 Å². The van der Waals surface area contributed by atoms with Crippen molar-refractivity contribution in [1.82, 2.24) is 15.1 Å². The van der Waals surface area contributed by atoms with Gasteiger partial charge in [0, 0.05) is 12.4 Å². The Labute approximate surface area is 173 Å². The van der Waals surface area contributed by atoms with Gasteiger partial charge in [0.1, 0.15) is 5.69 Å². The first-order valence-corrected chi connectivity index (χ1v) is 9.87. The summed E-state index contributed by atoms with van der Waals surface area (Å²) in [5.74, 6) is -0.567. The lowest BCUT2D eigenvalue weighted by Crippen LogP contribution is -2.39. The summed E-state index contributed by atoms with van der Waals surface area (Å²) in [5, 5.41) is 10.2. The highest BCUT2D eigenvalue weighted by molar-refractivity contribution is 6.40. The van der Waals surface area contributed by atoms with E-state index in [-0.39, 0.29) is 6.04 Å². The minimum atomic E-state index is -0.741. The third kappa shape index (κ3) is 4.17. The molecule has 1 saturated carbocycles. The molecule has 2 amide bonds. The second-order valence-corrected chi connectivity index (χ2v) is 7.69. The van der Waals surface area contributed by atoms with Crippen LogP contribution in [-0.2, 0) is 9.59 Å². The normalized spacial score (nSPS) is 18.7. The Kier molecular flexibility index (Phi) is 5.36. The lowest BCUT2D eigenvalue weighted by atomic mass is 10.0. The van der Waals surface area contributed by atoms with Gasteiger partial charge >= 0.3 is 11.8 Å². The van der Waals surface area contributed by atoms with Crippen molar-refractivity contribution < 1.29 is 9.59 Å². The van der Waals surface area contributed by atoms with Crippen molar-refractivity contribution in [2.24, 2.45) is 11.8 Å². The highest BCUT2D eigenvalue weighted by atomic mass is 35.5. The summed E-state index contributed by atoms with van der Waals surface area (Å²) in [6.45, 7) is 2.15. The predicted octanol–water partition coefficient (Wildman–Crippen LogP) is 3.98. The Morgan fingerprint density at radius 1 is 1.10 bits per heavy atom. The molecule has 1 heterocycles. The summed E-state index contributed by atoms with van der Waals surface area (Å²) in [6, 6.07) is 16.4. The van der Waals surface area contributed by atoms with Crippen LogP contribution in [0.3, 0.4) is 0 Å². The van der Waals surface area contributed by atoms with Crippen molar-refractivity contribution >= 4 is 29.1 Å². The van der Waals surface area contributed by atoms with Crippen molar-refractivity contribution in [2.45, 2.75) is 19.4 Å². The van der Waals surface area contributed by atoms with E-state index >= 15 is 0 Å². The first-order valence-electron chi connectivity index (χ1n) is 9.50. The maximum atomic E-state index is 12.7. The molecule has 3 aromatic rings. The van der Waals surface area contributed by atoms with E-state index in [4.69, 9.17) is 11.6 Å². The zero-order valence-electron chi connectivity index (χ0n) is 15.9. The molecule has 0 bridgehead atoms. The Morgan fingerprint density at radius 3 is 2.52 bits per heavy atom. The number of carbonyl (C=O) groups is 2. The summed E-state index contributed by atoms with van der Waals surface area (Å²) in [7, 11) is 0. The molecule has 0 saturated heterocycles. The fourth-order valence-corrected chi connectivity index (χ4v) is 3.81.